The number of benzene rings is 1. The number of aliphatic hydroxyl groups is 1. The molecule has 0 aromatic heterocycles. The number of fused-ring (bicyclic) bond motifs is 1. The Hall–Kier alpha value is -1.46. The summed E-state index contributed by atoms with van der Waals surface area (Å²) in [6.45, 7) is 3.81. The van der Waals surface area contributed by atoms with E-state index in [1.807, 2.05) is 18.2 Å². The lowest BCUT2D eigenvalue weighted by atomic mass is 10.1. The summed E-state index contributed by atoms with van der Waals surface area (Å²) >= 11 is 0. The number of hydrogen-bond donors (Lipinski definition) is 1. The van der Waals surface area contributed by atoms with Gasteiger partial charge in [0.1, 0.15) is 5.75 Å². The van der Waals surface area contributed by atoms with Gasteiger partial charge in [-0.15, -0.1) is 0 Å². The van der Waals surface area contributed by atoms with E-state index >= 15 is 0 Å². The molecule has 5 heteroatoms. The number of rotatable bonds is 5. The largest absolute Gasteiger partial charge is 0.493 e. The van der Waals surface area contributed by atoms with Crippen LogP contribution in [-0.4, -0.2) is 49.1 Å². The fraction of sp³-hybridized carbons (Fsp3) is 0.600. The molecule has 1 saturated heterocycles. The molecule has 1 fully saturated rings. The van der Waals surface area contributed by atoms with Crippen molar-refractivity contribution in [1.29, 1.82) is 0 Å². The van der Waals surface area contributed by atoms with Gasteiger partial charge in [0.25, 0.3) is 0 Å². The van der Waals surface area contributed by atoms with Crippen molar-refractivity contribution in [3.63, 3.8) is 0 Å². The van der Waals surface area contributed by atoms with E-state index in [4.69, 9.17) is 14.2 Å². The summed E-state index contributed by atoms with van der Waals surface area (Å²) < 4.78 is 16.3. The van der Waals surface area contributed by atoms with Crippen molar-refractivity contribution in [2.75, 3.05) is 33.0 Å². The van der Waals surface area contributed by atoms with Crippen molar-refractivity contribution >= 4 is 0 Å². The molecular weight excluding hydrogens is 258 g/mol. The zero-order valence-electron chi connectivity index (χ0n) is 11.6. The van der Waals surface area contributed by atoms with Gasteiger partial charge in [-0.3, -0.25) is 0 Å². The highest BCUT2D eigenvalue weighted by molar-refractivity contribution is 5.46. The zero-order chi connectivity index (χ0) is 13.8. The highest BCUT2D eigenvalue weighted by Crippen LogP contribution is 2.35. The Bertz CT molecular complexity index is 451. The lowest BCUT2D eigenvalue weighted by Crippen LogP contribution is -2.39. The molecule has 0 spiro atoms. The molecule has 0 amide bonds. The molecule has 3 rings (SSSR count). The molecule has 1 atom stereocenters. The van der Waals surface area contributed by atoms with Crippen LogP contribution in [-0.2, 0) is 0 Å². The van der Waals surface area contributed by atoms with Gasteiger partial charge in [-0.25, -0.2) is 0 Å². The Balaban J connectivity index is 1.39. The standard InChI is InChI=1S/C15H21NO4/c17-12-3-1-6-16(10-12)7-2-8-18-13-4-5-14-15(9-13)20-11-19-14/h4-5,9,12,17H,1-3,6-8,10-11H2. The number of aliphatic hydroxyl groups excluding tert-OH is 1. The number of ether oxygens (including phenoxy) is 3. The van der Waals surface area contributed by atoms with Gasteiger partial charge < -0.3 is 24.2 Å². The average molecular weight is 279 g/mol. The summed E-state index contributed by atoms with van der Waals surface area (Å²) in [5.74, 6) is 2.34. The van der Waals surface area contributed by atoms with E-state index in [0.29, 0.717) is 6.61 Å². The van der Waals surface area contributed by atoms with Gasteiger partial charge in [0.15, 0.2) is 11.5 Å². The minimum absolute atomic E-state index is 0.154. The highest BCUT2D eigenvalue weighted by Gasteiger charge is 2.17. The van der Waals surface area contributed by atoms with E-state index < -0.39 is 0 Å². The number of nitrogens with zero attached hydrogens (tertiary/aromatic N) is 1. The molecule has 2 heterocycles. The number of likely N-dealkylation sites (tertiary alicyclic amines) is 1. The second-order valence-corrected chi connectivity index (χ2v) is 5.31. The van der Waals surface area contributed by atoms with E-state index in [1.165, 1.54) is 0 Å². The molecule has 1 unspecified atom stereocenters. The van der Waals surface area contributed by atoms with Crippen molar-refractivity contribution in [3.8, 4) is 17.2 Å². The lowest BCUT2D eigenvalue weighted by molar-refractivity contribution is 0.0679. The van der Waals surface area contributed by atoms with Crippen molar-refractivity contribution in [1.82, 2.24) is 4.90 Å². The van der Waals surface area contributed by atoms with Crippen molar-refractivity contribution in [2.45, 2.75) is 25.4 Å². The zero-order valence-corrected chi connectivity index (χ0v) is 11.6. The Morgan fingerprint density at radius 1 is 1.30 bits per heavy atom. The Morgan fingerprint density at radius 3 is 3.10 bits per heavy atom. The van der Waals surface area contributed by atoms with Crippen LogP contribution in [0, 0.1) is 0 Å². The lowest BCUT2D eigenvalue weighted by Gasteiger charge is -2.29. The van der Waals surface area contributed by atoms with Crippen molar-refractivity contribution < 1.29 is 19.3 Å². The second kappa shape index (κ2) is 6.33. The fourth-order valence-electron chi connectivity index (χ4n) is 2.68. The Labute approximate surface area is 119 Å². The molecule has 5 nitrogen and oxygen atoms in total. The predicted octanol–water partition coefficient (Wildman–Crippen LogP) is 1.64. The Morgan fingerprint density at radius 2 is 2.20 bits per heavy atom. The number of β-amino-alcohol motifs (C(OH)–C–C–N with tert-alkyl or cyclic N) is 1. The first-order chi connectivity index (χ1) is 9.81. The van der Waals surface area contributed by atoms with Crippen molar-refractivity contribution in [3.05, 3.63) is 18.2 Å². The molecule has 0 radical (unpaired) electrons. The van der Waals surface area contributed by atoms with Crippen molar-refractivity contribution in [2.24, 2.45) is 0 Å². The van der Waals surface area contributed by atoms with E-state index in [1.54, 1.807) is 0 Å². The molecule has 2 aliphatic rings. The first kappa shape index (κ1) is 13.5. The van der Waals surface area contributed by atoms with Crippen LogP contribution in [0.1, 0.15) is 19.3 Å². The highest BCUT2D eigenvalue weighted by atomic mass is 16.7. The fourth-order valence-corrected chi connectivity index (χ4v) is 2.68. The van der Waals surface area contributed by atoms with Gasteiger partial charge >= 0.3 is 0 Å². The quantitative estimate of drug-likeness (QED) is 0.830. The van der Waals surface area contributed by atoms with Crippen LogP contribution in [0.15, 0.2) is 18.2 Å². The van der Waals surface area contributed by atoms with Gasteiger partial charge in [-0.2, -0.15) is 0 Å². The minimum Gasteiger partial charge on any atom is -0.493 e. The smallest absolute Gasteiger partial charge is 0.231 e. The summed E-state index contributed by atoms with van der Waals surface area (Å²) in [7, 11) is 0. The molecule has 20 heavy (non-hydrogen) atoms. The maximum atomic E-state index is 9.61. The molecule has 0 bridgehead atoms. The number of hydrogen-bond acceptors (Lipinski definition) is 5. The summed E-state index contributed by atoms with van der Waals surface area (Å²) in [6, 6.07) is 5.64. The molecule has 0 aliphatic carbocycles. The van der Waals surface area contributed by atoms with Gasteiger partial charge in [0.05, 0.1) is 12.7 Å². The van der Waals surface area contributed by atoms with Crippen LogP contribution >= 0.6 is 0 Å². The maximum absolute atomic E-state index is 9.61. The SMILES string of the molecule is OC1CCCN(CCCOc2ccc3c(c2)OCO3)C1. The van der Waals surface area contributed by atoms with Gasteiger partial charge in [0.2, 0.25) is 6.79 Å². The maximum Gasteiger partial charge on any atom is 0.231 e. The monoisotopic (exact) mass is 279 g/mol. The van der Waals surface area contributed by atoms with Crippen LogP contribution in [0.25, 0.3) is 0 Å². The van der Waals surface area contributed by atoms with Gasteiger partial charge in [-0.05, 0) is 37.9 Å². The normalized spacial score (nSPS) is 21.9. The molecule has 1 N–H and O–H groups in total. The molecule has 2 aliphatic heterocycles. The number of piperidine rings is 1. The van der Waals surface area contributed by atoms with E-state index in [0.717, 1.165) is 56.1 Å². The first-order valence-corrected chi connectivity index (χ1v) is 7.24. The van der Waals surface area contributed by atoms with Crippen LogP contribution in [0.5, 0.6) is 17.2 Å². The van der Waals surface area contributed by atoms with Crippen LogP contribution in [0.3, 0.4) is 0 Å². The third-order valence-electron chi connectivity index (χ3n) is 3.71. The van der Waals surface area contributed by atoms with Crippen LogP contribution < -0.4 is 14.2 Å². The predicted molar refractivity (Wildman–Crippen MR) is 74.4 cm³/mol. The summed E-state index contributed by atoms with van der Waals surface area (Å²) in [6.07, 6.45) is 2.83. The minimum atomic E-state index is -0.154. The average Bonchev–Trinajstić information content (AvgIpc) is 2.91. The molecule has 1 aromatic carbocycles. The van der Waals surface area contributed by atoms with Crippen LogP contribution in [0.2, 0.25) is 0 Å². The summed E-state index contributed by atoms with van der Waals surface area (Å²) in [5.41, 5.74) is 0. The first-order valence-electron chi connectivity index (χ1n) is 7.24. The third-order valence-corrected chi connectivity index (χ3v) is 3.71. The molecular formula is C15H21NO4. The third kappa shape index (κ3) is 3.35. The van der Waals surface area contributed by atoms with E-state index in [9.17, 15) is 5.11 Å². The second-order valence-electron chi connectivity index (χ2n) is 5.31. The summed E-state index contributed by atoms with van der Waals surface area (Å²) in [4.78, 5) is 2.30. The van der Waals surface area contributed by atoms with Crippen LogP contribution in [0.4, 0.5) is 0 Å². The van der Waals surface area contributed by atoms with Gasteiger partial charge in [0, 0.05) is 19.2 Å². The molecule has 0 saturated carbocycles. The molecule has 110 valence electrons. The topological polar surface area (TPSA) is 51.2 Å². The van der Waals surface area contributed by atoms with Gasteiger partial charge in [-0.1, -0.05) is 0 Å². The van der Waals surface area contributed by atoms with E-state index in [-0.39, 0.29) is 12.9 Å². The Kier molecular flexibility index (Phi) is 4.28. The molecule has 1 aromatic rings. The van der Waals surface area contributed by atoms with E-state index in [2.05, 4.69) is 4.90 Å². The summed E-state index contributed by atoms with van der Waals surface area (Å²) in [5, 5.41) is 9.61.